The van der Waals surface area contributed by atoms with E-state index in [2.05, 4.69) is 6.07 Å². The van der Waals surface area contributed by atoms with Gasteiger partial charge in [-0.1, -0.05) is 48.0 Å². The molecule has 0 unspecified atom stereocenters. The van der Waals surface area contributed by atoms with Gasteiger partial charge in [-0.3, -0.25) is 0 Å². The first kappa shape index (κ1) is 13.2. The Balaban J connectivity index is 1.98. The third-order valence-corrected chi connectivity index (χ3v) is 2.74. The summed E-state index contributed by atoms with van der Waals surface area (Å²) in [6.45, 7) is 0.393. The Kier molecular flexibility index (Phi) is 4.60. The lowest BCUT2D eigenvalue weighted by atomic mass is 10.2. The molecule has 0 aliphatic heterocycles. The first-order valence-electron chi connectivity index (χ1n) is 5.83. The van der Waals surface area contributed by atoms with Gasteiger partial charge < -0.3 is 4.74 Å². The molecule has 0 bridgehead atoms. The molecule has 3 heteroatoms. The van der Waals surface area contributed by atoms with Crippen LogP contribution >= 0.6 is 11.6 Å². The van der Waals surface area contributed by atoms with Crippen molar-refractivity contribution in [1.82, 2.24) is 0 Å². The molecular weight excluding hydrogens is 258 g/mol. The first-order chi connectivity index (χ1) is 9.29. The predicted molar refractivity (Wildman–Crippen MR) is 77.1 cm³/mol. The van der Waals surface area contributed by atoms with Crippen molar-refractivity contribution in [1.29, 1.82) is 5.26 Å². The Bertz CT molecular complexity index is 614. The first-order valence-corrected chi connectivity index (χ1v) is 6.21. The van der Waals surface area contributed by atoms with E-state index in [1.165, 1.54) is 0 Å². The van der Waals surface area contributed by atoms with Crippen molar-refractivity contribution in [3.05, 3.63) is 70.8 Å². The zero-order valence-electron chi connectivity index (χ0n) is 10.2. The maximum atomic E-state index is 8.95. The fraction of sp³-hybridized carbons (Fsp3) is 0.0625. The van der Waals surface area contributed by atoms with E-state index in [1.807, 2.05) is 42.5 Å². The van der Waals surface area contributed by atoms with Crippen LogP contribution in [-0.4, -0.2) is 6.61 Å². The monoisotopic (exact) mass is 269 g/mol. The van der Waals surface area contributed by atoms with Gasteiger partial charge >= 0.3 is 0 Å². The summed E-state index contributed by atoms with van der Waals surface area (Å²) in [7, 11) is 0. The molecule has 0 atom stereocenters. The van der Waals surface area contributed by atoms with Crippen LogP contribution in [0.15, 0.2) is 54.6 Å². The minimum absolute atomic E-state index is 0.393. The fourth-order valence-corrected chi connectivity index (χ4v) is 1.76. The third kappa shape index (κ3) is 3.87. The second kappa shape index (κ2) is 6.63. The lowest BCUT2D eigenvalue weighted by Crippen LogP contribution is -1.95. The van der Waals surface area contributed by atoms with E-state index in [0.717, 1.165) is 5.56 Å². The van der Waals surface area contributed by atoms with Crippen LogP contribution in [0.2, 0.25) is 5.02 Å². The molecule has 0 radical (unpaired) electrons. The summed E-state index contributed by atoms with van der Waals surface area (Å²) in [5.41, 5.74) is 1.59. The van der Waals surface area contributed by atoms with Crippen LogP contribution in [0.1, 0.15) is 11.1 Å². The standard InChI is InChI=1S/C16H12ClNO/c17-15-9-8-14(12-18)16(11-15)19-10-4-7-13-5-2-1-3-6-13/h1-9,11H,10H2. The van der Waals surface area contributed by atoms with Crippen LogP contribution in [-0.2, 0) is 0 Å². The fourth-order valence-electron chi connectivity index (χ4n) is 1.59. The maximum absolute atomic E-state index is 8.95. The number of ether oxygens (including phenoxy) is 1. The Morgan fingerprint density at radius 2 is 1.95 bits per heavy atom. The van der Waals surface area contributed by atoms with Gasteiger partial charge in [-0.25, -0.2) is 0 Å². The Labute approximate surface area is 117 Å². The Morgan fingerprint density at radius 3 is 2.68 bits per heavy atom. The van der Waals surface area contributed by atoms with E-state index >= 15 is 0 Å². The predicted octanol–water partition coefficient (Wildman–Crippen LogP) is 4.30. The van der Waals surface area contributed by atoms with Crippen molar-refractivity contribution in [3.8, 4) is 11.8 Å². The maximum Gasteiger partial charge on any atom is 0.139 e. The topological polar surface area (TPSA) is 33.0 Å². The van der Waals surface area contributed by atoms with Gasteiger partial charge in [-0.05, 0) is 23.8 Å². The van der Waals surface area contributed by atoms with Gasteiger partial charge in [0.25, 0.3) is 0 Å². The Morgan fingerprint density at radius 1 is 1.16 bits per heavy atom. The lowest BCUT2D eigenvalue weighted by Gasteiger charge is -2.05. The zero-order chi connectivity index (χ0) is 13.5. The van der Waals surface area contributed by atoms with Gasteiger partial charge in [0.05, 0.1) is 5.56 Å². The molecule has 0 heterocycles. The number of hydrogen-bond acceptors (Lipinski definition) is 2. The quantitative estimate of drug-likeness (QED) is 0.829. The molecule has 0 saturated heterocycles. The van der Waals surface area contributed by atoms with Gasteiger partial charge in [-0.2, -0.15) is 5.26 Å². The summed E-state index contributed by atoms with van der Waals surface area (Å²) in [6, 6.07) is 17.0. The van der Waals surface area contributed by atoms with Gasteiger partial charge in [0.15, 0.2) is 0 Å². The SMILES string of the molecule is N#Cc1ccc(Cl)cc1OCC=Cc1ccccc1. The summed E-state index contributed by atoms with van der Waals surface area (Å²) in [4.78, 5) is 0. The highest BCUT2D eigenvalue weighted by Gasteiger charge is 2.02. The van der Waals surface area contributed by atoms with E-state index in [4.69, 9.17) is 21.6 Å². The number of nitrogens with zero attached hydrogens (tertiary/aromatic N) is 1. The van der Waals surface area contributed by atoms with Crippen LogP contribution in [0.3, 0.4) is 0 Å². The third-order valence-electron chi connectivity index (χ3n) is 2.51. The van der Waals surface area contributed by atoms with Gasteiger partial charge in [0, 0.05) is 11.1 Å². The number of benzene rings is 2. The Hall–Kier alpha value is -2.24. The molecule has 2 aromatic carbocycles. The minimum Gasteiger partial charge on any atom is -0.488 e. The number of nitriles is 1. The normalized spacial score (nSPS) is 10.3. The molecule has 0 aliphatic rings. The van der Waals surface area contributed by atoms with Crippen LogP contribution in [0.25, 0.3) is 6.08 Å². The summed E-state index contributed by atoms with van der Waals surface area (Å²) < 4.78 is 5.54. The van der Waals surface area contributed by atoms with Crippen molar-refractivity contribution in [2.75, 3.05) is 6.61 Å². The van der Waals surface area contributed by atoms with Crippen LogP contribution in [0, 0.1) is 11.3 Å². The highest BCUT2D eigenvalue weighted by molar-refractivity contribution is 6.30. The summed E-state index contributed by atoms with van der Waals surface area (Å²) in [5, 5.41) is 9.51. The van der Waals surface area contributed by atoms with Gasteiger partial charge in [0.1, 0.15) is 18.4 Å². The van der Waals surface area contributed by atoms with Crippen molar-refractivity contribution < 1.29 is 4.74 Å². The largest absolute Gasteiger partial charge is 0.488 e. The molecule has 2 aromatic rings. The molecule has 0 amide bonds. The number of hydrogen-bond donors (Lipinski definition) is 0. The summed E-state index contributed by atoms with van der Waals surface area (Å²) in [5.74, 6) is 0.507. The summed E-state index contributed by atoms with van der Waals surface area (Å²) in [6.07, 6.45) is 3.87. The highest BCUT2D eigenvalue weighted by atomic mass is 35.5. The van der Waals surface area contributed by atoms with Gasteiger partial charge in [-0.15, -0.1) is 0 Å². The molecule has 0 spiro atoms. The molecule has 0 N–H and O–H groups in total. The van der Waals surface area contributed by atoms with Crippen LogP contribution < -0.4 is 4.74 Å². The molecule has 94 valence electrons. The number of halogens is 1. The summed E-state index contributed by atoms with van der Waals surface area (Å²) >= 11 is 5.88. The van der Waals surface area contributed by atoms with Crippen LogP contribution in [0.4, 0.5) is 0 Å². The van der Waals surface area contributed by atoms with Crippen molar-refractivity contribution in [2.45, 2.75) is 0 Å². The van der Waals surface area contributed by atoms with E-state index < -0.39 is 0 Å². The molecule has 0 saturated carbocycles. The zero-order valence-corrected chi connectivity index (χ0v) is 11.0. The van der Waals surface area contributed by atoms with Crippen molar-refractivity contribution >= 4 is 17.7 Å². The molecule has 0 aliphatic carbocycles. The second-order valence-electron chi connectivity index (χ2n) is 3.88. The molecule has 2 rings (SSSR count). The minimum atomic E-state index is 0.393. The van der Waals surface area contributed by atoms with Crippen molar-refractivity contribution in [3.63, 3.8) is 0 Å². The molecule has 0 aromatic heterocycles. The van der Waals surface area contributed by atoms with Crippen LogP contribution in [0.5, 0.6) is 5.75 Å². The average molecular weight is 270 g/mol. The second-order valence-corrected chi connectivity index (χ2v) is 4.31. The highest BCUT2D eigenvalue weighted by Crippen LogP contribution is 2.22. The lowest BCUT2D eigenvalue weighted by molar-refractivity contribution is 0.362. The van der Waals surface area contributed by atoms with E-state index in [-0.39, 0.29) is 0 Å². The van der Waals surface area contributed by atoms with E-state index in [0.29, 0.717) is 22.9 Å². The van der Waals surface area contributed by atoms with E-state index in [1.54, 1.807) is 18.2 Å². The van der Waals surface area contributed by atoms with Gasteiger partial charge in [0.2, 0.25) is 0 Å². The van der Waals surface area contributed by atoms with Crippen molar-refractivity contribution in [2.24, 2.45) is 0 Å². The molecular formula is C16H12ClNO. The molecule has 19 heavy (non-hydrogen) atoms. The molecule has 0 fully saturated rings. The number of rotatable bonds is 4. The smallest absolute Gasteiger partial charge is 0.139 e. The molecule has 2 nitrogen and oxygen atoms in total. The van der Waals surface area contributed by atoms with E-state index in [9.17, 15) is 0 Å². The average Bonchev–Trinajstić information content (AvgIpc) is 2.45.